The van der Waals surface area contributed by atoms with E-state index in [0.29, 0.717) is 25.9 Å². The van der Waals surface area contributed by atoms with Crippen molar-refractivity contribution in [2.45, 2.75) is 392 Å². The van der Waals surface area contributed by atoms with Crippen LogP contribution in [0.3, 0.4) is 0 Å². The Labute approximate surface area is 469 Å². The molecule has 0 aromatic heterocycles. The highest BCUT2D eigenvalue weighted by atomic mass is 16.5. The zero-order valence-electron chi connectivity index (χ0n) is 50.8. The Balaban J connectivity index is 3.36. The van der Waals surface area contributed by atoms with Crippen molar-refractivity contribution in [2.24, 2.45) is 0 Å². The van der Waals surface area contributed by atoms with Crippen LogP contribution in [0.15, 0.2) is 24.3 Å². The van der Waals surface area contributed by atoms with Crippen molar-refractivity contribution in [2.75, 3.05) is 13.2 Å². The first-order valence-corrected chi connectivity index (χ1v) is 34.1. The van der Waals surface area contributed by atoms with E-state index >= 15 is 0 Å². The van der Waals surface area contributed by atoms with Gasteiger partial charge in [-0.3, -0.25) is 9.59 Å². The predicted molar refractivity (Wildman–Crippen MR) is 329 cm³/mol. The summed E-state index contributed by atoms with van der Waals surface area (Å²) in [5.74, 6) is -0.0221. The second kappa shape index (κ2) is 64.9. The van der Waals surface area contributed by atoms with Gasteiger partial charge in [0.2, 0.25) is 5.91 Å². The third kappa shape index (κ3) is 61.4. The van der Waals surface area contributed by atoms with E-state index in [1.807, 2.05) is 0 Å². The molecule has 75 heavy (non-hydrogen) atoms. The minimum Gasteiger partial charge on any atom is -0.466 e. The van der Waals surface area contributed by atoms with E-state index in [1.54, 1.807) is 0 Å². The number of aliphatic hydroxyl groups excluding tert-OH is 2. The lowest BCUT2D eigenvalue weighted by Crippen LogP contribution is -2.45. The molecule has 0 aliphatic carbocycles. The summed E-state index contributed by atoms with van der Waals surface area (Å²) < 4.78 is 5.50. The summed E-state index contributed by atoms with van der Waals surface area (Å²) in [7, 11) is 0. The van der Waals surface area contributed by atoms with Crippen molar-refractivity contribution in [3.63, 3.8) is 0 Å². The highest BCUT2D eigenvalue weighted by Gasteiger charge is 2.20. The molecular formula is C69H133NO5. The minimum atomic E-state index is -0.664. The number of unbranched alkanes of at least 4 members (excludes halogenated alkanes) is 49. The standard InChI is InChI=1S/C69H133NO5/c1-3-5-7-9-11-13-15-17-19-29-33-37-41-45-49-53-57-61-67(72)66(65-71)70-68(73)62-58-54-50-46-42-38-34-31-27-25-23-21-22-24-26-28-32-36-40-44-48-52-56-60-64-75-69(74)63-59-55-51-47-43-39-35-30-20-18-16-14-12-10-8-6-4-2/h12,14,18,20,66-67,71-72H,3-11,13,15-17,19,21-65H2,1-2H3,(H,70,73)/b14-12-,20-18-. The van der Waals surface area contributed by atoms with Crippen LogP contribution in [-0.2, 0) is 14.3 Å². The van der Waals surface area contributed by atoms with Gasteiger partial charge in [0.05, 0.1) is 25.4 Å². The van der Waals surface area contributed by atoms with E-state index < -0.39 is 12.1 Å². The molecule has 0 radical (unpaired) electrons. The topological polar surface area (TPSA) is 95.9 Å². The first-order valence-electron chi connectivity index (χ1n) is 34.1. The number of esters is 1. The molecule has 2 atom stereocenters. The van der Waals surface area contributed by atoms with Crippen molar-refractivity contribution in [1.82, 2.24) is 5.32 Å². The maximum atomic E-state index is 12.5. The zero-order valence-corrected chi connectivity index (χ0v) is 50.8. The number of rotatable bonds is 64. The quantitative estimate of drug-likeness (QED) is 0.0320. The minimum absolute atomic E-state index is 0.00843. The number of hydrogen-bond acceptors (Lipinski definition) is 5. The Morgan fingerprint density at radius 3 is 1.04 bits per heavy atom. The molecule has 6 nitrogen and oxygen atoms in total. The predicted octanol–water partition coefficient (Wildman–Crippen LogP) is 21.8. The molecule has 0 spiro atoms. The molecule has 2 unspecified atom stereocenters. The van der Waals surface area contributed by atoms with Gasteiger partial charge in [-0.05, 0) is 57.8 Å². The first-order chi connectivity index (χ1) is 37.0. The van der Waals surface area contributed by atoms with Gasteiger partial charge in [0.1, 0.15) is 0 Å². The molecule has 0 aromatic carbocycles. The zero-order chi connectivity index (χ0) is 54.3. The first kappa shape index (κ1) is 73.3. The van der Waals surface area contributed by atoms with Crippen molar-refractivity contribution >= 4 is 11.9 Å². The van der Waals surface area contributed by atoms with Gasteiger partial charge in [-0.15, -0.1) is 0 Å². The highest BCUT2D eigenvalue weighted by Crippen LogP contribution is 2.19. The van der Waals surface area contributed by atoms with Crippen LogP contribution in [0, 0.1) is 0 Å². The van der Waals surface area contributed by atoms with Gasteiger partial charge in [-0.1, -0.05) is 334 Å². The molecule has 0 saturated heterocycles. The van der Waals surface area contributed by atoms with Crippen molar-refractivity contribution < 1.29 is 24.5 Å². The number of hydrogen-bond donors (Lipinski definition) is 3. The van der Waals surface area contributed by atoms with E-state index in [4.69, 9.17) is 4.74 Å². The molecule has 1 amide bonds. The summed E-state index contributed by atoms with van der Waals surface area (Å²) in [6.07, 6.45) is 80.6. The van der Waals surface area contributed by atoms with E-state index in [2.05, 4.69) is 43.5 Å². The summed E-state index contributed by atoms with van der Waals surface area (Å²) in [5.41, 5.74) is 0. The van der Waals surface area contributed by atoms with Gasteiger partial charge >= 0.3 is 5.97 Å². The normalized spacial score (nSPS) is 12.6. The van der Waals surface area contributed by atoms with Crippen LogP contribution >= 0.6 is 0 Å². The number of aliphatic hydroxyl groups is 2. The van der Waals surface area contributed by atoms with Gasteiger partial charge in [0.25, 0.3) is 0 Å². The Kier molecular flexibility index (Phi) is 63.4. The summed E-state index contributed by atoms with van der Waals surface area (Å²) in [4.78, 5) is 24.6. The van der Waals surface area contributed by atoms with Crippen molar-refractivity contribution in [3.05, 3.63) is 24.3 Å². The van der Waals surface area contributed by atoms with Crippen molar-refractivity contribution in [1.29, 1.82) is 0 Å². The third-order valence-electron chi connectivity index (χ3n) is 16.0. The number of carbonyl (C=O) groups excluding carboxylic acids is 2. The number of allylic oxidation sites excluding steroid dienone is 4. The average molecular weight is 1060 g/mol. The van der Waals surface area contributed by atoms with Gasteiger partial charge in [0.15, 0.2) is 0 Å². The van der Waals surface area contributed by atoms with Crippen LogP contribution in [0.25, 0.3) is 0 Å². The van der Waals surface area contributed by atoms with Crippen LogP contribution in [0.2, 0.25) is 0 Å². The Bertz CT molecular complexity index is 1170. The number of ether oxygens (including phenoxy) is 1. The average Bonchev–Trinajstić information content (AvgIpc) is 3.41. The summed E-state index contributed by atoms with van der Waals surface area (Å²) in [6.45, 7) is 4.96. The molecule has 6 heteroatoms. The van der Waals surface area contributed by atoms with Crippen molar-refractivity contribution in [3.8, 4) is 0 Å². The molecule has 0 aromatic rings. The third-order valence-corrected chi connectivity index (χ3v) is 16.0. The number of amides is 1. The smallest absolute Gasteiger partial charge is 0.305 e. The Hall–Kier alpha value is -1.66. The molecule has 0 aliphatic heterocycles. The fourth-order valence-corrected chi connectivity index (χ4v) is 10.8. The van der Waals surface area contributed by atoms with Crippen LogP contribution in [0.4, 0.5) is 0 Å². The molecule has 0 aliphatic rings. The molecule has 444 valence electrons. The van der Waals surface area contributed by atoms with Crippen LogP contribution < -0.4 is 5.32 Å². The second-order valence-electron chi connectivity index (χ2n) is 23.5. The lowest BCUT2D eigenvalue weighted by atomic mass is 10.0. The largest absolute Gasteiger partial charge is 0.466 e. The number of carbonyl (C=O) groups is 2. The second-order valence-corrected chi connectivity index (χ2v) is 23.5. The molecule has 3 N–H and O–H groups in total. The fourth-order valence-electron chi connectivity index (χ4n) is 10.8. The molecular weight excluding hydrogens is 923 g/mol. The Morgan fingerprint density at radius 1 is 0.373 bits per heavy atom. The summed E-state index contributed by atoms with van der Waals surface area (Å²) in [5, 5.41) is 23.4. The highest BCUT2D eigenvalue weighted by molar-refractivity contribution is 5.76. The summed E-state index contributed by atoms with van der Waals surface area (Å²) in [6, 6.07) is -0.541. The van der Waals surface area contributed by atoms with Gasteiger partial charge in [-0.25, -0.2) is 0 Å². The van der Waals surface area contributed by atoms with Gasteiger partial charge < -0.3 is 20.3 Å². The maximum absolute atomic E-state index is 12.5. The van der Waals surface area contributed by atoms with Gasteiger partial charge in [0, 0.05) is 12.8 Å². The lowest BCUT2D eigenvalue weighted by molar-refractivity contribution is -0.143. The molecule has 0 heterocycles. The maximum Gasteiger partial charge on any atom is 0.305 e. The van der Waals surface area contributed by atoms with E-state index in [1.165, 1.54) is 295 Å². The lowest BCUT2D eigenvalue weighted by Gasteiger charge is -2.22. The van der Waals surface area contributed by atoms with Crippen LogP contribution in [0.5, 0.6) is 0 Å². The van der Waals surface area contributed by atoms with Crippen LogP contribution in [-0.4, -0.2) is 47.4 Å². The molecule has 0 saturated carbocycles. The summed E-state index contributed by atoms with van der Waals surface area (Å²) >= 11 is 0. The van der Waals surface area contributed by atoms with Crippen LogP contribution in [0.1, 0.15) is 380 Å². The molecule has 0 rings (SSSR count). The monoisotopic (exact) mass is 1060 g/mol. The van der Waals surface area contributed by atoms with E-state index in [-0.39, 0.29) is 18.5 Å². The van der Waals surface area contributed by atoms with E-state index in [9.17, 15) is 19.8 Å². The fraction of sp³-hybridized carbons (Fsp3) is 0.913. The Morgan fingerprint density at radius 2 is 0.667 bits per heavy atom. The molecule has 0 bridgehead atoms. The van der Waals surface area contributed by atoms with Gasteiger partial charge in [-0.2, -0.15) is 0 Å². The number of nitrogens with one attached hydrogen (secondary N) is 1. The SMILES string of the molecule is CCCCC/C=C\C/C=C\CCCCCCCCCC(=O)OCCCCCCCCCCCCCCCCCCCCCCCCCCC(=O)NC(CO)C(O)CCCCCCCCCCCCCCCCCCC. The molecule has 0 fully saturated rings. The van der Waals surface area contributed by atoms with E-state index in [0.717, 1.165) is 51.4 Å².